The molecule has 0 aromatic heterocycles. The second kappa shape index (κ2) is 7.16. The molecule has 0 aliphatic carbocycles. The van der Waals surface area contributed by atoms with Gasteiger partial charge in [-0.3, -0.25) is 5.32 Å². The fourth-order valence-corrected chi connectivity index (χ4v) is 5.55. The molecule has 2 N–H and O–H groups in total. The largest absolute Gasteiger partial charge is 0.465 e. The Morgan fingerprint density at radius 3 is 1.71 bits per heavy atom. The molecule has 4 heteroatoms. The molecule has 0 bridgehead atoms. The fourth-order valence-electron chi connectivity index (χ4n) is 5.55. The lowest BCUT2D eigenvalue weighted by Gasteiger charge is -2.50. The average Bonchev–Trinajstić information content (AvgIpc) is 2.79. The van der Waals surface area contributed by atoms with E-state index in [0.717, 1.165) is 25.9 Å². The highest BCUT2D eigenvalue weighted by Crippen LogP contribution is 2.53. The number of carbonyl (C=O) groups is 1. The SMILES string of the molecule is C[C@@]1(c2ccccc2)CCN2CC[C@@](C)(c3ccccc3)c3cc(NC(=O)O)cc1c32. The molecule has 2 aliphatic rings. The number of anilines is 2. The van der Waals surface area contributed by atoms with Crippen molar-refractivity contribution in [2.24, 2.45) is 0 Å². The van der Waals surface area contributed by atoms with Gasteiger partial charge in [0.2, 0.25) is 0 Å². The molecule has 0 spiro atoms. The van der Waals surface area contributed by atoms with E-state index in [1.54, 1.807) is 0 Å². The fraction of sp³-hybridized carbons (Fsp3) is 0.296. The average molecular weight is 413 g/mol. The van der Waals surface area contributed by atoms with Gasteiger partial charge in [0.15, 0.2) is 0 Å². The van der Waals surface area contributed by atoms with Crippen LogP contribution in [0.3, 0.4) is 0 Å². The van der Waals surface area contributed by atoms with Crippen molar-refractivity contribution in [3.8, 4) is 0 Å². The zero-order valence-corrected chi connectivity index (χ0v) is 18.1. The van der Waals surface area contributed by atoms with E-state index < -0.39 is 6.09 Å². The summed E-state index contributed by atoms with van der Waals surface area (Å²) in [4.78, 5) is 14.1. The topological polar surface area (TPSA) is 52.6 Å². The lowest BCUT2D eigenvalue weighted by molar-refractivity contribution is 0.209. The first kappa shape index (κ1) is 19.7. The molecular weight excluding hydrogens is 384 g/mol. The summed E-state index contributed by atoms with van der Waals surface area (Å²) in [5, 5.41) is 12.1. The number of benzene rings is 3. The molecule has 2 aliphatic heterocycles. The number of carboxylic acid groups (broad SMARTS) is 1. The molecule has 0 fully saturated rings. The highest BCUT2D eigenvalue weighted by molar-refractivity contribution is 5.86. The van der Waals surface area contributed by atoms with Crippen molar-refractivity contribution in [1.82, 2.24) is 0 Å². The molecule has 0 saturated heterocycles. The van der Waals surface area contributed by atoms with Crippen LogP contribution in [-0.2, 0) is 10.8 Å². The number of rotatable bonds is 3. The van der Waals surface area contributed by atoms with E-state index in [9.17, 15) is 9.90 Å². The van der Waals surface area contributed by atoms with E-state index in [4.69, 9.17) is 0 Å². The van der Waals surface area contributed by atoms with E-state index in [2.05, 4.69) is 84.7 Å². The molecule has 3 aromatic carbocycles. The molecule has 2 heterocycles. The van der Waals surface area contributed by atoms with Crippen molar-refractivity contribution in [2.45, 2.75) is 37.5 Å². The van der Waals surface area contributed by atoms with Gasteiger partial charge in [-0.2, -0.15) is 0 Å². The van der Waals surface area contributed by atoms with Gasteiger partial charge < -0.3 is 10.0 Å². The van der Waals surface area contributed by atoms with Crippen LogP contribution < -0.4 is 10.2 Å². The van der Waals surface area contributed by atoms with Crippen LogP contribution in [0.25, 0.3) is 0 Å². The van der Waals surface area contributed by atoms with E-state index >= 15 is 0 Å². The lowest BCUT2D eigenvalue weighted by Crippen LogP contribution is -2.47. The van der Waals surface area contributed by atoms with Crippen LogP contribution >= 0.6 is 0 Å². The standard InChI is InChI=1S/C27H28N2O2/c1-26(19-9-5-3-6-10-19)13-15-29-16-14-27(2,20-11-7-4-8-12-20)23-18-21(28-25(30)31)17-22(26)24(23)29/h3-12,17-18,28H,13-16H2,1-2H3,(H,30,31)/t26-,27-/m0/s1. The number of hydrogen-bond acceptors (Lipinski definition) is 2. The molecular formula is C27H28N2O2. The van der Waals surface area contributed by atoms with Gasteiger partial charge in [-0.05, 0) is 47.2 Å². The van der Waals surface area contributed by atoms with Crippen molar-refractivity contribution < 1.29 is 9.90 Å². The molecule has 0 unspecified atom stereocenters. The summed E-state index contributed by atoms with van der Waals surface area (Å²) in [5.74, 6) is 0. The second-order valence-corrected chi connectivity index (χ2v) is 9.23. The van der Waals surface area contributed by atoms with Crippen molar-refractivity contribution >= 4 is 17.5 Å². The summed E-state index contributed by atoms with van der Waals surface area (Å²) in [6.45, 7) is 6.60. The van der Waals surface area contributed by atoms with Gasteiger partial charge in [0, 0.05) is 35.3 Å². The van der Waals surface area contributed by atoms with Crippen molar-refractivity contribution in [1.29, 1.82) is 0 Å². The molecule has 4 nitrogen and oxygen atoms in total. The maximum atomic E-state index is 11.6. The first-order valence-electron chi connectivity index (χ1n) is 11.0. The Morgan fingerprint density at radius 1 is 0.839 bits per heavy atom. The first-order chi connectivity index (χ1) is 14.9. The van der Waals surface area contributed by atoms with Gasteiger partial charge in [-0.25, -0.2) is 4.79 Å². The highest BCUT2D eigenvalue weighted by atomic mass is 16.4. The van der Waals surface area contributed by atoms with Gasteiger partial charge in [-0.15, -0.1) is 0 Å². The quantitative estimate of drug-likeness (QED) is 0.554. The Labute approximate surface area is 183 Å². The van der Waals surface area contributed by atoms with Crippen LogP contribution in [0.4, 0.5) is 16.2 Å². The lowest BCUT2D eigenvalue weighted by atomic mass is 9.64. The van der Waals surface area contributed by atoms with Gasteiger partial charge in [0.25, 0.3) is 0 Å². The number of hydrogen-bond donors (Lipinski definition) is 2. The predicted octanol–water partition coefficient (Wildman–Crippen LogP) is 6.00. The van der Waals surface area contributed by atoms with Gasteiger partial charge in [0.05, 0.1) is 0 Å². The Balaban J connectivity index is 1.79. The molecule has 158 valence electrons. The van der Waals surface area contributed by atoms with Crippen LogP contribution in [0.15, 0.2) is 72.8 Å². The predicted molar refractivity (Wildman–Crippen MR) is 125 cm³/mol. The molecule has 2 atom stereocenters. The molecule has 31 heavy (non-hydrogen) atoms. The number of amides is 1. The Kier molecular flexibility index (Phi) is 4.54. The third-order valence-corrected chi connectivity index (χ3v) is 7.45. The summed E-state index contributed by atoms with van der Waals surface area (Å²) in [6, 6.07) is 25.3. The van der Waals surface area contributed by atoms with Gasteiger partial charge in [-0.1, -0.05) is 74.5 Å². The normalized spacial score (nSPS) is 24.4. The maximum Gasteiger partial charge on any atom is 0.409 e. The number of nitrogens with one attached hydrogen (secondary N) is 1. The Morgan fingerprint density at radius 2 is 1.29 bits per heavy atom. The van der Waals surface area contributed by atoms with E-state index in [-0.39, 0.29) is 10.8 Å². The van der Waals surface area contributed by atoms with Gasteiger partial charge in [0.1, 0.15) is 0 Å². The summed E-state index contributed by atoms with van der Waals surface area (Å²) >= 11 is 0. The molecule has 3 aromatic rings. The van der Waals surface area contributed by atoms with Gasteiger partial charge >= 0.3 is 6.09 Å². The van der Waals surface area contributed by atoms with Crippen LogP contribution in [0, 0.1) is 0 Å². The minimum Gasteiger partial charge on any atom is -0.465 e. The van der Waals surface area contributed by atoms with Crippen LogP contribution in [0.5, 0.6) is 0 Å². The smallest absolute Gasteiger partial charge is 0.409 e. The van der Waals surface area contributed by atoms with E-state index in [0.29, 0.717) is 5.69 Å². The number of nitrogens with zero attached hydrogens (tertiary/aromatic N) is 1. The minimum absolute atomic E-state index is 0.174. The maximum absolute atomic E-state index is 11.6. The summed E-state index contributed by atoms with van der Waals surface area (Å²) in [5.41, 5.74) is 6.56. The third kappa shape index (κ3) is 3.09. The summed E-state index contributed by atoms with van der Waals surface area (Å²) in [6.07, 6.45) is 0.975. The van der Waals surface area contributed by atoms with Crippen LogP contribution in [0.2, 0.25) is 0 Å². The van der Waals surface area contributed by atoms with Crippen molar-refractivity contribution in [2.75, 3.05) is 23.3 Å². The summed E-state index contributed by atoms with van der Waals surface area (Å²) < 4.78 is 0. The molecule has 5 rings (SSSR count). The molecule has 0 saturated carbocycles. The highest BCUT2D eigenvalue weighted by Gasteiger charge is 2.44. The monoisotopic (exact) mass is 412 g/mol. The van der Waals surface area contributed by atoms with Crippen molar-refractivity contribution in [3.63, 3.8) is 0 Å². The van der Waals surface area contributed by atoms with Crippen LogP contribution in [0.1, 0.15) is 48.9 Å². The Hall–Kier alpha value is -3.27. The zero-order valence-electron chi connectivity index (χ0n) is 18.1. The van der Waals surface area contributed by atoms with Crippen molar-refractivity contribution in [3.05, 3.63) is 95.1 Å². The van der Waals surface area contributed by atoms with Crippen LogP contribution in [-0.4, -0.2) is 24.3 Å². The minimum atomic E-state index is -1.03. The summed E-state index contributed by atoms with van der Waals surface area (Å²) in [7, 11) is 0. The van der Waals surface area contributed by atoms with E-state index in [1.807, 2.05) is 12.1 Å². The Bertz CT molecular complexity index is 1050. The zero-order chi connectivity index (χ0) is 21.6. The first-order valence-corrected chi connectivity index (χ1v) is 11.0. The van der Waals surface area contributed by atoms with E-state index in [1.165, 1.54) is 27.9 Å². The second-order valence-electron chi connectivity index (χ2n) is 9.23. The molecule has 1 amide bonds. The molecule has 0 radical (unpaired) electrons. The third-order valence-electron chi connectivity index (χ3n) is 7.45.